The molecule has 5 aromatic carbocycles. The van der Waals surface area contributed by atoms with Gasteiger partial charge < -0.3 is 23.8 Å². The number of aromatic nitrogens is 1. The maximum Gasteiger partial charge on any atom is 0.305 e. The fourth-order valence-electron chi connectivity index (χ4n) is 6.76. The summed E-state index contributed by atoms with van der Waals surface area (Å²) >= 11 is 0. The summed E-state index contributed by atoms with van der Waals surface area (Å²) in [6.07, 6.45) is 0.486. The summed E-state index contributed by atoms with van der Waals surface area (Å²) in [7, 11) is -1.18. The van der Waals surface area contributed by atoms with Gasteiger partial charge in [0.25, 0.3) is 0 Å². The molecule has 9 heteroatoms. The van der Waals surface area contributed by atoms with Gasteiger partial charge >= 0.3 is 5.97 Å². The summed E-state index contributed by atoms with van der Waals surface area (Å²) in [4.78, 5) is 22.6. The largest absolute Gasteiger partial charge is 0.508 e. The van der Waals surface area contributed by atoms with Crippen molar-refractivity contribution in [3.8, 4) is 23.0 Å². The second-order valence-corrected chi connectivity index (χ2v) is 19.0. The molecule has 0 bridgehead atoms. The van der Waals surface area contributed by atoms with Gasteiger partial charge in [-0.3, -0.25) is 4.79 Å². The lowest BCUT2D eigenvalue weighted by Gasteiger charge is -2.44. The molecule has 0 amide bonds. The molecule has 0 atom stereocenters. The number of carbonyl (C=O) groups is 1. The number of hydrogen-bond acceptors (Lipinski definition) is 8. The minimum Gasteiger partial charge on any atom is -0.508 e. The number of oxime groups is 1. The Kier molecular flexibility index (Phi) is 12.1. The van der Waals surface area contributed by atoms with E-state index in [1.807, 2.05) is 54.6 Å². The highest BCUT2D eigenvalue weighted by molar-refractivity contribution is 7.03. The van der Waals surface area contributed by atoms with Crippen LogP contribution in [0.3, 0.4) is 0 Å². The van der Waals surface area contributed by atoms with E-state index in [-0.39, 0.29) is 36.4 Å². The molecule has 0 aliphatic heterocycles. The molecular weight excluding hydrogens is 693 g/mol. The number of phenols is 1. The Labute approximate surface area is 318 Å². The second-order valence-electron chi connectivity index (χ2n) is 14.2. The van der Waals surface area contributed by atoms with E-state index in [1.54, 1.807) is 24.3 Å². The normalized spacial score (nSPS) is 12.0. The molecule has 8 nitrogen and oxygen atoms in total. The molecule has 0 aliphatic rings. The fourth-order valence-corrected chi connectivity index (χ4v) is 12.0. The summed E-state index contributed by atoms with van der Waals surface area (Å²) in [5.41, 5.74) is 3.91. The van der Waals surface area contributed by atoms with Crippen molar-refractivity contribution in [2.75, 3.05) is 7.11 Å². The van der Waals surface area contributed by atoms with Gasteiger partial charge in [0.05, 0.1) is 19.2 Å². The van der Waals surface area contributed by atoms with Crippen LogP contribution in [0.4, 0.5) is 0 Å². The van der Waals surface area contributed by atoms with Gasteiger partial charge in [0, 0.05) is 18.0 Å². The third-order valence-corrected chi connectivity index (χ3v) is 15.8. The van der Waals surface area contributed by atoms with Gasteiger partial charge in [0.1, 0.15) is 44.2 Å². The predicted molar refractivity (Wildman–Crippen MR) is 215 cm³/mol. The zero-order valence-corrected chi connectivity index (χ0v) is 32.2. The van der Waals surface area contributed by atoms with Crippen LogP contribution < -0.4 is 15.1 Å². The molecule has 6 rings (SSSR count). The van der Waals surface area contributed by atoms with Crippen molar-refractivity contribution in [3.05, 3.63) is 162 Å². The van der Waals surface area contributed by atoms with E-state index in [4.69, 9.17) is 23.7 Å². The number of aromatic hydroxyl groups is 1. The third kappa shape index (κ3) is 8.98. The lowest BCUT2D eigenvalue weighted by molar-refractivity contribution is -0.140. The molecule has 0 spiro atoms. The molecule has 0 radical (unpaired) electrons. The minimum atomic E-state index is -2.53. The average Bonchev–Trinajstić information content (AvgIpc) is 3.61. The van der Waals surface area contributed by atoms with Crippen molar-refractivity contribution in [3.63, 3.8) is 0 Å². The Bertz CT molecular complexity index is 2090. The quantitative estimate of drug-likeness (QED) is 0.0487. The topological polar surface area (TPSA) is 103 Å². The van der Waals surface area contributed by atoms with E-state index in [9.17, 15) is 9.90 Å². The summed E-state index contributed by atoms with van der Waals surface area (Å²) < 4.78 is 17.9. The standard InChI is InChI=1S/C45H46N2O6Si/c1-45(2,3)54(38-16-10-6-11-17-38,39-18-12-7-13-19-39)32-42-41(46-44(53-42)35-14-8-5-9-15-35)31-51-37-26-20-33(21-27-37)30-52-47-40(28-29-43(49)50-4)34-22-24-36(48)25-23-34/h5-27,48H,28-32H2,1-4H3/b47-40+. The molecule has 1 heterocycles. The maximum atomic E-state index is 11.8. The fraction of sp³-hybridized carbons (Fsp3) is 0.222. The van der Waals surface area contributed by atoms with Crippen LogP contribution in [-0.4, -0.2) is 37.0 Å². The number of esters is 1. The van der Waals surface area contributed by atoms with E-state index in [0.29, 0.717) is 29.8 Å². The zero-order chi connectivity index (χ0) is 38.0. The highest BCUT2D eigenvalue weighted by atomic mass is 28.3. The molecule has 1 aromatic heterocycles. The molecule has 276 valence electrons. The number of benzene rings is 5. The first-order valence-corrected chi connectivity index (χ1v) is 20.3. The summed E-state index contributed by atoms with van der Waals surface area (Å²) in [5, 5.41) is 16.7. The van der Waals surface area contributed by atoms with Crippen LogP contribution in [0.15, 0.2) is 149 Å². The smallest absolute Gasteiger partial charge is 0.305 e. The van der Waals surface area contributed by atoms with Gasteiger partial charge in [-0.05, 0) is 64.7 Å². The van der Waals surface area contributed by atoms with E-state index in [2.05, 4.69) is 86.6 Å². The van der Waals surface area contributed by atoms with Crippen LogP contribution in [0.5, 0.6) is 11.5 Å². The lowest BCUT2D eigenvalue weighted by Crippen LogP contribution is -2.66. The Hall–Kier alpha value is -5.93. The molecule has 0 unspecified atom stereocenters. The SMILES string of the molecule is COC(=O)CC/C(=N\OCc1ccc(OCc2nc(-c3ccccc3)oc2C[Si](c2ccccc2)(c2ccccc2)C(C)(C)C)cc1)c1ccc(O)cc1. The molecule has 54 heavy (non-hydrogen) atoms. The third-order valence-electron chi connectivity index (χ3n) is 9.74. The monoisotopic (exact) mass is 738 g/mol. The van der Waals surface area contributed by atoms with Gasteiger partial charge in [-0.2, -0.15) is 0 Å². The number of hydrogen-bond donors (Lipinski definition) is 1. The van der Waals surface area contributed by atoms with E-state index in [1.165, 1.54) is 17.5 Å². The lowest BCUT2D eigenvalue weighted by atomic mass is 10.1. The highest BCUT2D eigenvalue weighted by Gasteiger charge is 2.48. The molecule has 0 aliphatic carbocycles. The van der Waals surface area contributed by atoms with Crippen LogP contribution in [0, 0.1) is 0 Å². The molecular formula is C45H46N2O6Si. The summed E-state index contributed by atoms with van der Waals surface area (Å²) in [6.45, 7) is 7.48. The number of nitrogens with zero attached hydrogens (tertiary/aromatic N) is 2. The van der Waals surface area contributed by atoms with Crippen molar-refractivity contribution in [2.24, 2.45) is 5.16 Å². The Morgan fingerprint density at radius 1 is 0.759 bits per heavy atom. The van der Waals surface area contributed by atoms with Crippen LogP contribution in [0.2, 0.25) is 5.04 Å². The van der Waals surface area contributed by atoms with Gasteiger partial charge in [-0.15, -0.1) is 0 Å². The van der Waals surface area contributed by atoms with Gasteiger partial charge in [0.2, 0.25) is 5.89 Å². The number of phenolic OH excluding ortho intramolecular Hbond substituents is 1. The van der Waals surface area contributed by atoms with Crippen molar-refractivity contribution < 1.29 is 28.6 Å². The molecule has 0 saturated carbocycles. The first kappa shape index (κ1) is 37.8. The summed E-state index contributed by atoms with van der Waals surface area (Å²) in [5.74, 6) is 1.90. The van der Waals surface area contributed by atoms with E-state index >= 15 is 0 Å². The maximum absolute atomic E-state index is 11.8. The molecule has 0 saturated heterocycles. The summed E-state index contributed by atoms with van der Waals surface area (Å²) in [6, 6.07) is 46.7. The number of oxazole rings is 1. The predicted octanol–water partition coefficient (Wildman–Crippen LogP) is 8.65. The Balaban J connectivity index is 1.23. The van der Waals surface area contributed by atoms with Gasteiger partial charge in [0.15, 0.2) is 0 Å². The van der Waals surface area contributed by atoms with Gasteiger partial charge in [-0.25, -0.2) is 4.98 Å². The number of ether oxygens (including phenoxy) is 2. The van der Waals surface area contributed by atoms with Crippen molar-refractivity contribution in [1.82, 2.24) is 4.98 Å². The number of rotatable bonds is 15. The minimum absolute atomic E-state index is 0.0678. The zero-order valence-electron chi connectivity index (χ0n) is 31.2. The van der Waals surface area contributed by atoms with E-state index < -0.39 is 8.07 Å². The van der Waals surface area contributed by atoms with Crippen molar-refractivity contribution >= 4 is 30.1 Å². The van der Waals surface area contributed by atoms with Gasteiger partial charge in [-0.1, -0.05) is 127 Å². The number of carbonyl (C=O) groups excluding carboxylic acids is 1. The van der Waals surface area contributed by atoms with E-state index in [0.717, 1.165) is 28.1 Å². The van der Waals surface area contributed by atoms with Crippen LogP contribution in [0.1, 0.15) is 56.2 Å². The molecule has 0 fully saturated rings. The first-order valence-electron chi connectivity index (χ1n) is 18.1. The molecule has 1 N–H and O–H groups in total. The van der Waals surface area contributed by atoms with Crippen molar-refractivity contribution in [1.29, 1.82) is 0 Å². The first-order chi connectivity index (χ1) is 26.2. The van der Waals surface area contributed by atoms with Crippen LogP contribution >= 0.6 is 0 Å². The van der Waals surface area contributed by atoms with Crippen LogP contribution in [0.25, 0.3) is 11.5 Å². The Morgan fingerprint density at radius 2 is 1.35 bits per heavy atom. The number of methoxy groups -OCH3 is 1. The Morgan fingerprint density at radius 3 is 1.93 bits per heavy atom. The average molecular weight is 739 g/mol. The molecule has 6 aromatic rings. The second kappa shape index (κ2) is 17.3. The highest BCUT2D eigenvalue weighted by Crippen LogP contribution is 2.39. The van der Waals surface area contributed by atoms with Crippen molar-refractivity contribution in [2.45, 2.75) is 57.9 Å². The van der Waals surface area contributed by atoms with Crippen LogP contribution in [-0.2, 0) is 33.6 Å².